The summed E-state index contributed by atoms with van der Waals surface area (Å²) >= 11 is 0. The SMILES string of the molecule is OC1CCN(Cc2ccccc2OCc2cccnc2)CC1. The summed E-state index contributed by atoms with van der Waals surface area (Å²) in [6.45, 7) is 3.29. The molecule has 4 heteroatoms. The minimum Gasteiger partial charge on any atom is -0.489 e. The molecule has 1 aliphatic heterocycles. The van der Waals surface area contributed by atoms with Crippen molar-refractivity contribution in [3.05, 3.63) is 59.9 Å². The van der Waals surface area contributed by atoms with Gasteiger partial charge in [0, 0.05) is 43.2 Å². The molecule has 0 aliphatic carbocycles. The Labute approximate surface area is 131 Å². The van der Waals surface area contributed by atoms with E-state index in [1.807, 2.05) is 36.5 Å². The third-order valence-electron chi connectivity index (χ3n) is 4.04. The van der Waals surface area contributed by atoms with Crippen molar-refractivity contribution in [2.24, 2.45) is 0 Å². The number of nitrogens with zero attached hydrogens (tertiary/aromatic N) is 2. The van der Waals surface area contributed by atoms with E-state index < -0.39 is 0 Å². The summed E-state index contributed by atoms with van der Waals surface area (Å²) < 4.78 is 5.97. The highest BCUT2D eigenvalue weighted by molar-refractivity contribution is 5.33. The van der Waals surface area contributed by atoms with Crippen LogP contribution in [0.25, 0.3) is 0 Å². The van der Waals surface area contributed by atoms with Crippen LogP contribution >= 0.6 is 0 Å². The van der Waals surface area contributed by atoms with E-state index in [-0.39, 0.29) is 6.10 Å². The smallest absolute Gasteiger partial charge is 0.124 e. The summed E-state index contributed by atoms with van der Waals surface area (Å²) in [6, 6.07) is 12.1. The van der Waals surface area contributed by atoms with Gasteiger partial charge in [-0.3, -0.25) is 9.88 Å². The Kier molecular flexibility index (Phi) is 5.03. The molecule has 1 saturated heterocycles. The molecular weight excluding hydrogens is 276 g/mol. The van der Waals surface area contributed by atoms with Crippen LogP contribution in [-0.4, -0.2) is 34.2 Å². The van der Waals surface area contributed by atoms with E-state index in [2.05, 4.69) is 16.0 Å². The Hall–Kier alpha value is -1.91. The van der Waals surface area contributed by atoms with Crippen molar-refractivity contribution in [1.82, 2.24) is 9.88 Å². The second kappa shape index (κ2) is 7.38. The molecule has 1 aromatic heterocycles. The van der Waals surface area contributed by atoms with Crippen LogP contribution in [0.5, 0.6) is 5.75 Å². The lowest BCUT2D eigenvalue weighted by atomic mass is 10.1. The lowest BCUT2D eigenvalue weighted by Gasteiger charge is -2.29. The maximum Gasteiger partial charge on any atom is 0.124 e. The maximum atomic E-state index is 9.60. The minimum atomic E-state index is -0.131. The number of benzene rings is 1. The average Bonchev–Trinajstić information content (AvgIpc) is 2.57. The summed E-state index contributed by atoms with van der Waals surface area (Å²) in [5.41, 5.74) is 2.26. The molecule has 0 bridgehead atoms. The summed E-state index contributed by atoms with van der Waals surface area (Å²) in [5, 5.41) is 9.60. The highest BCUT2D eigenvalue weighted by Gasteiger charge is 2.18. The molecule has 0 radical (unpaired) electrons. The van der Waals surface area contributed by atoms with E-state index in [4.69, 9.17) is 4.74 Å². The van der Waals surface area contributed by atoms with Gasteiger partial charge in [0.2, 0.25) is 0 Å². The Bertz CT molecular complexity index is 581. The maximum absolute atomic E-state index is 9.60. The number of aliphatic hydroxyl groups excluding tert-OH is 1. The van der Waals surface area contributed by atoms with E-state index >= 15 is 0 Å². The largest absolute Gasteiger partial charge is 0.489 e. The van der Waals surface area contributed by atoms with Crippen molar-refractivity contribution >= 4 is 0 Å². The number of hydrogen-bond donors (Lipinski definition) is 1. The van der Waals surface area contributed by atoms with Gasteiger partial charge in [-0.15, -0.1) is 0 Å². The molecule has 22 heavy (non-hydrogen) atoms. The molecule has 116 valence electrons. The predicted molar refractivity (Wildman–Crippen MR) is 85.5 cm³/mol. The van der Waals surface area contributed by atoms with Gasteiger partial charge < -0.3 is 9.84 Å². The zero-order valence-electron chi connectivity index (χ0n) is 12.7. The second-order valence-electron chi connectivity index (χ2n) is 5.76. The first-order chi connectivity index (χ1) is 10.8. The molecule has 0 amide bonds. The first-order valence-corrected chi connectivity index (χ1v) is 7.81. The van der Waals surface area contributed by atoms with E-state index in [1.165, 1.54) is 5.56 Å². The van der Waals surface area contributed by atoms with Crippen molar-refractivity contribution in [2.45, 2.75) is 32.1 Å². The Morgan fingerprint density at radius 1 is 1.14 bits per heavy atom. The van der Waals surface area contributed by atoms with Crippen molar-refractivity contribution in [3.8, 4) is 5.75 Å². The summed E-state index contributed by atoms with van der Waals surface area (Å²) in [6.07, 6.45) is 5.18. The van der Waals surface area contributed by atoms with E-state index in [9.17, 15) is 5.11 Å². The topological polar surface area (TPSA) is 45.6 Å². The summed E-state index contributed by atoms with van der Waals surface area (Å²) in [7, 11) is 0. The molecule has 1 N–H and O–H groups in total. The summed E-state index contributed by atoms with van der Waals surface area (Å²) in [4.78, 5) is 6.48. The first-order valence-electron chi connectivity index (χ1n) is 7.81. The van der Waals surface area contributed by atoms with Gasteiger partial charge in [-0.25, -0.2) is 0 Å². The molecule has 0 saturated carbocycles. The molecule has 1 aromatic carbocycles. The zero-order chi connectivity index (χ0) is 15.2. The van der Waals surface area contributed by atoms with Gasteiger partial charge in [-0.1, -0.05) is 24.3 Å². The molecule has 2 heterocycles. The minimum absolute atomic E-state index is 0.131. The van der Waals surface area contributed by atoms with Crippen molar-refractivity contribution in [3.63, 3.8) is 0 Å². The normalized spacial score (nSPS) is 16.6. The number of rotatable bonds is 5. The van der Waals surface area contributed by atoms with Crippen molar-refractivity contribution < 1.29 is 9.84 Å². The van der Waals surface area contributed by atoms with E-state index in [1.54, 1.807) is 6.20 Å². The fourth-order valence-electron chi connectivity index (χ4n) is 2.74. The number of piperidine rings is 1. The van der Waals surface area contributed by atoms with Gasteiger partial charge in [0.1, 0.15) is 12.4 Å². The zero-order valence-corrected chi connectivity index (χ0v) is 12.7. The van der Waals surface area contributed by atoms with Crippen LogP contribution < -0.4 is 4.74 Å². The predicted octanol–water partition coefficient (Wildman–Crippen LogP) is 2.62. The number of pyridine rings is 1. The van der Waals surface area contributed by atoms with Crippen LogP contribution in [-0.2, 0) is 13.2 Å². The van der Waals surface area contributed by atoms with E-state index in [0.29, 0.717) is 6.61 Å². The van der Waals surface area contributed by atoms with Crippen LogP contribution in [0.1, 0.15) is 24.0 Å². The lowest BCUT2D eigenvalue weighted by Crippen LogP contribution is -2.35. The third kappa shape index (κ3) is 4.06. The molecule has 0 atom stereocenters. The highest BCUT2D eigenvalue weighted by atomic mass is 16.5. The standard InChI is InChI=1S/C18H22N2O2/c21-17-7-10-20(11-8-17)13-16-5-1-2-6-18(16)22-14-15-4-3-9-19-12-15/h1-6,9,12,17,21H,7-8,10-11,13-14H2. The van der Waals surface area contributed by atoms with E-state index in [0.717, 1.165) is 43.8 Å². The van der Waals surface area contributed by atoms with Gasteiger partial charge >= 0.3 is 0 Å². The quantitative estimate of drug-likeness (QED) is 0.921. The van der Waals surface area contributed by atoms with Gasteiger partial charge in [-0.2, -0.15) is 0 Å². The van der Waals surface area contributed by atoms with Crippen molar-refractivity contribution in [2.75, 3.05) is 13.1 Å². The summed E-state index contributed by atoms with van der Waals surface area (Å²) in [5.74, 6) is 0.928. The average molecular weight is 298 g/mol. The monoisotopic (exact) mass is 298 g/mol. The Morgan fingerprint density at radius 3 is 2.73 bits per heavy atom. The number of aromatic nitrogens is 1. The molecule has 4 nitrogen and oxygen atoms in total. The van der Waals surface area contributed by atoms with Gasteiger partial charge in [0.15, 0.2) is 0 Å². The molecule has 0 spiro atoms. The fraction of sp³-hybridized carbons (Fsp3) is 0.389. The number of aliphatic hydroxyl groups is 1. The molecular formula is C18H22N2O2. The molecule has 3 rings (SSSR count). The van der Waals surface area contributed by atoms with Crippen LogP contribution in [0.4, 0.5) is 0 Å². The van der Waals surface area contributed by atoms with Crippen LogP contribution in [0, 0.1) is 0 Å². The van der Waals surface area contributed by atoms with Crippen LogP contribution in [0.15, 0.2) is 48.8 Å². The number of para-hydroxylation sites is 1. The first kappa shape index (κ1) is 15.0. The number of ether oxygens (including phenoxy) is 1. The van der Waals surface area contributed by atoms with Gasteiger partial charge in [0.05, 0.1) is 6.10 Å². The lowest BCUT2D eigenvalue weighted by molar-refractivity contribution is 0.0787. The molecule has 1 fully saturated rings. The second-order valence-corrected chi connectivity index (χ2v) is 5.76. The van der Waals surface area contributed by atoms with Crippen LogP contribution in [0.3, 0.4) is 0 Å². The number of likely N-dealkylation sites (tertiary alicyclic amines) is 1. The van der Waals surface area contributed by atoms with Crippen LogP contribution in [0.2, 0.25) is 0 Å². The Morgan fingerprint density at radius 2 is 1.95 bits per heavy atom. The molecule has 1 aliphatic rings. The van der Waals surface area contributed by atoms with Crippen molar-refractivity contribution in [1.29, 1.82) is 0 Å². The highest BCUT2D eigenvalue weighted by Crippen LogP contribution is 2.22. The molecule has 0 unspecified atom stereocenters. The van der Waals surface area contributed by atoms with Gasteiger partial charge in [0.25, 0.3) is 0 Å². The third-order valence-corrected chi connectivity index (χ3v) is 4.04. The Balaban J connectivity index is 1.62. The van der Waals surface area contributed by atoms with Gasteiger partial charge in [-0.05, 0) is 25.0 Å². The number of hydrogen-bond acceptors (Lipinski definition) is 4. The molecule has 2 aromatic rings. The fourth-order valence-corrected chi connectivity index (χ4v) is 2.74.